The molecule has 0 radical (unpaired) electrons. The quantitative estimate of drug-likeness (QED) is 0.756. The molecule has 1 aromatic carbocycles. The van der Waals surface area contributed by atoms with Crippen LogP contribution in [0.4, 0.5) is 0 Å². The number of methoxy groups -OCH3 is 1. The van der Waals surface area contributed by atoms with Gasteiger partial charge in [-0.1, -0.05) is 0 Å². The number of H-pyrrole nitrogens is 1. The Bertz CT molecular complexity index is 711. The third-order valence-electron chi connectivity index (χ3n) is 4.39. The molecule has 2 aromatic rings. The Hall–Kier alpha value is -1.89. The lowest BCUT2D eigenvalue weighted by atomic mass is 10.0. The molecule has 0 atom stereocenters. The van der Waals surface area contributed by atoms with Crippen molar-refractivity contribution in [3.8, 4) is 0 Å². The van der Waals surface area contributed by atoms with Crippen molar-refractivity contribution in [2.24, 2.45) is 0 Å². The Morgan fingerprint density at radius 1 is 1.33 bits per heavy atom. The molecule has 6 nitrogen and oxygen atoms in total. The Kier molecular flexibility index (Phi) is 5.50. The third-order valence-corrected chi connectivity index (χ3v) is 4.39. The van der Waals surface area contributed by atoms with Crippen molar-refractivity contribution in [3.05, 3.63) is 35.0 Å². The molecule has 3 rings (SSSR count). The maximum absolute atomic E-state index is 12.3. The van der Waals surface area contributed by atoms with Crippen molar-refractivity contribution < 1.29 is 14.3 Å². The maximum Gasteiger partial charge on any atom is 0.251 e. The zero-order valence-electron chi connectivity index (χ0n) is 14.4. The standard InChI is InChI=1S/C18H25N3O3/c1-21-7-5-17-15(12-21)14-11-13(3-4-16(14)20-17)18(22)19-6-8-24-10-9-23-2/h3-4,11,20H,5-10,12H2,1-2H3,(H,19,22). The summed E-state index contributed by atoms with van der Waals surface area (Å²) in [6.45, 7) is 4.08. The van der Waals surface area contributed by atoms with E-state index in [1.54, 1.807) is 7.11 Å². The minimum absolute atomic E-state index is 0.0636. The first-order valence-electron chi connectivity index (χ1n) is 8.36. The summed E-state index contributed by atoms with van der Waals surface area (Å²) >= 11 is 0. The first kappa shape index (κ1) is 17.0. The number of carbonyl (C=O) groups is 1. The van der Waals surface area contributed by atoms with Gasteiger partial charge >= 0.3 is 0 Å². The van der Waals surface area contributed by atoms with E-state index < -0.39 is 0 Å². The molecule has 1 aromatic heterocycles. The van der Waals surface area contributed by atoms with Gasteiger partial charge in [-0.15, -0.1) is 0 Å². The highest BCUT2D eigenvalue weighted by atomic mass is 16.5. The first-order valence-corrected chi connectivity index (χ1v) is 8.36. The molecule has 2 heterocycles. The zero-order chi connectivity index (χ0) is 16.9. The van der Waals surface area contributed by atoms with Crippen molar-refractivity contribution in [2.75, 3.05) is 47.1 Å². The van der Waals surface area contributed by atoms with E-state index in [0.717, 1.165) is 30.4 Å². The van der Waals surface area contributed by atoms with Crippen LogP contribution >= 0.6 is 0 Å². The molecule has 0 fully saturated rings. The largest absolute Gasteiger partial charge is 0.382 e. The Morgan fingerprint density at radius 3 is 3.04 bits per heavy atom. The summed E-state index contributed by atoms with van der Waals surface area (Å²) in [5.41, 5.74) is 4.41. The summed E-state index contributed by atoms with van der Waals surface area (Å²) in [5.74, 6) is -0.0636. The lowest BCUT2D eigenvalue weighted by Gasteiger charge is -2.22. The van der Waals surface area contributed by atoms with Gasteiger partial charge in [-0.3, -0.25) is 4.79 Å². The number of likely N-dealkylation sites (N-methyl/N-ethyl adjacent to an activating group) is 1. The van der Waals surface area contributed by atoms with Crippen LogP contribution in [0, 0.1) is 0 Å². The van der Waals surface area contributed by atoms with E-state index in [1.807, 2.05) is 18.2 Å². The van der Waals surface area contributed by atoms with Gasteiger partial charge in [0, 0.05) is 55.3 Å². The van der Waals surface area contributed by atoms with Crippen LogP contribution in [-0.4, -0.2) is 62.9 Å². The van der Waals surface area contributed by atoms with Gasteiger partial charge in [0.05, 0.1) is 19.8 Å². The predicted octanol–water partition coefficient (Wildman–Crippen LogP) is 1.55. The van der Waals surface area contributed by atoms with E-state index in [0.29, 0.717) is 31.9 Å². The highest BCUT2D eigenvalue weighted by Gasteiger charge is 2.19. The number of hydrogen-bond donors (Lipinski definition) is 2. The summed E-state index contributed by atoms with van der Waals surface area (Å²) in [6, 6.07) is 5.86. The van der Waals surface area contributed by atoms with E-state index in [-0.39, 0.29) is 5.91 Å². The van der Waals surface area contributed by atoms with Gasteiger partial charge in [-0.05, 0) is 30.8 Å². The van der Waals surface area contributed by atoms with Crippen LogP contribution < -0.4 is 5.32 Å². The molecule has 1 amide bonds. The van der Waals surface area contributed by atoms with Gasteiger partial charge in [-0.25, -0.2) is 0 Å². The number of aromatic nitrogens is 1. The van der Waals surface area contributed by atoms with Gasteiger partial charge < -0.3 is 24.7 Å². The van der Waals surface area contributed by atoms with Gasteiger partial charge in [0.1, 0.15) is 0 Å². The molecule has 0 unspecified atom stereocenters. The molecule has 130 valence electrons. The van der Waals surface area contributed by atoms with Crippen molar-refractivity contribution in [1.82, 2.24) is 15.2 Å². The number of nitrogens with one attached hydrogen (secondary N) is 2. The molecule has 0 saturated carbocycles. The fourth-order valence-corrected chi connectivity index (χ4v) is 3.07. The second kappa shape index (κ2) is 7.79. The summed E-state index contributed by atoms with van der Waals surface area (Å²) in [6.07, 6.45) is 1.03. The Labute approximate surface area is 142 Å². The van der Waals surface area contributed by atoms with Crippen LogP contribution in [0.5, 0.6) is 0 Å². The molecule has 24 heavy (non-hydrogen) atoms. The normalized spacial score (nSPS) is 14.8. The van der Waals surface area contributed by atoms with Crippen LogP contribution in [0.1, 0.15) is 21.6 Å². The Morgan fingerprint density at radius 2 is 2.21 bits per heavy atom. The average Bonchev–Trinajstić information content (AvgIpc) is 2.95. The van der Waals surface area contributed by atoms with Crippen molar-refractivity contribution in [2.45, 2.75) is 13.0 Å². The minimum Gasteiger partial charge on any atom is -0.382 e. The predicted molar refractivity (Wildman–Crippen MR) is 93.4 cm³/mol. The highest BCUT2D eigenvalue weighted by molar-refractivity contribution is 5.99. The summed E-state index contributed by atoms with van der Waals surface area (Å²) in [7, 11) is 3.76. The molecule has 0 bridgehead atoms. The topological polar surface area (TPSA) is 66.6 Å². The number of rotatable bonds is 7. The number of nitrogens with zero attached hydrogens (tertiary/aromatic N) is 1. The van der Waals surface area contributed by atoms with E-state index in [1.165, 1.54) is 11.3 Å². The van der Waals surface area contributed by atoms with E-state index in [9.17, 15) is 4.79 Å². The number of hydrogen-bond acceptors (Lipinski definition) is 4. The minimum atomic E-state index is -0.0636. The number of ether oxygens (including phenoxy) is 2. The molecule has 2 N–H and O–H groups in total. The molecule has 1 aliphatic heterocycles. The van der Waals surface area contributed by atoms with Gasteiger partial charge in [-0.2, -0.15) is 0 Å². The number of amides is 1. The Balaban J connectivity index is 1.64. The first-order chi connectivity index (χ1) is 11.7. The van der Waals surface area contributed by atoms with E-state index in [4.69, 9.17) is 9.47 Å². The number of aromatic amines is 1. The van der Waals surface area contributed by atoms with Crippen molar-refractivity contribution in [3.63, 3.8) is 0 Å². The summed E-state index contributed by atoms with van der Waals surface area (Å²) < 4.78 is 10.3. The fraction of sp³-hybridized carbons (Fsp3) is 0.500. The molecule has 0 saturated heterocycles. The van der Waals surface area contributed by atoms with Crippen LogP contribution in [0.15, 0.2) is 18.2 Å². The van der Waals surface area contributed by atoms with Crippen LogP contribution in [0.3, 0.4) is 0 Å². The number of benzene rings is 1. The van der Waals surface area contributed by atoms with Crippen molar-refractivity contribution in [1.29, 1.82) is 0 Å². The second-order valence-electron chi connectivity index (χ2n) is 6.19. The molecular formula is C18H25N3O3. The van der Waals surface area contributed by atoms with E-state index >= 15 is 0 Å². The summed E-state index contributed by atoms with van der Waals surface area (Å²) in [5, 5.41) is 4.05. The van der Waals surface area contributed by atoms with Crippen LogP contribution in [0.2, 0.25) is 0 Å². The van der Waals surface area contributed by atoms with Gasteiger partial charge in [0.15, 0.2) is 0 Å². The number of fused-ring (bicyclic) bond motifs is 3. The SMILES string of the molecule is COCCOCCNC(=O)c1ccc2[nH]c3c(c2c1)CN(C)CC3. The van der Waals surface area contributed by atoms with Crippen LogP contribution in [0.25, 0.3) is 10.9 Å². The molecule has 1 aliphatic rings. The fourth-order valence-electron chi connectivity index (χ4n) is 3.07. The molecule has 0 aliphatic carbocycles. The number of carbonyl (C=O) groups excluding carboxylic acids is 1. The average molecular weight is 331 g/mol. The lowest BCUT2D eigenvalue weighted by molar-refractivity contribution is 0.0693. The molecular weight excluding hydrogens is 306 g/mol. The smallest absolute Gasteiger partial charge is 0.251 e. The molecule has 0 spiro atoms. The maximum atomic E-state index is 12.3. The lowest BCUT2D eigenvalue weighted by Crippen LogP contribution is -2.27. The highest BCUT2D eigenvalue weighted by Crippen LogP contribution is 2.28. The second-order valence-corrected chi connectivity index (χ2v) is 6.19. The zero-order valence-corrected chi connectivity index (χ0v) is 14.4. The summed E-state index contributed by atoms with van der Waals surface area (Å²) in [4.78, 5) is 18.1. The van der Waals surface area contributed by atoms with Gasteiger partial charge in [0.2, 0.25) is 0 Å². The molecule has 6 heteroatoms. The monoisotopic (exact) mass is 331 g/mol. The van der Waals surface area contributed by atoms with Gasteiger partial charge in [0.25, 0.3) is 5.91 Å². The van der Waals surface area contributed by atoms with Crippen LogP contribution in [-0.2, 0) is 22.4 Å². The third kappa shape index (κ3) is 3.77. The van der Waals surface area contributed by atoms with Crippen molar-refractivity contribution >= 4 is 16.8 Å². The van der Waals surface area contributed by atoms with E-state index in [2.05, 4.69) is 22.2 Å².